The molecule has 0 fully saturated rings. The number of pyridine rings is 1. The van der Waals surface area contributed by atoms with Crippen LogP contribution in [0, 0.1) is 4.77 Å². The van der Waals surface area contributed by atoms with Crippen LogP contribution in [0.4, 0.5) is 0 Å². The fourth-order valence-corrected chi connectivity index (χ4v) is 3.50. The molecule has 3 heterocycles. The van der Waals surface area contributed by atoms with Crippen LogP contribution >= 0.6 is 23.6 Å². The Morgan fingerprint density at radius 1 is 1.48 bits per heavy atom. The fourth-order valence-electron chi connectivity index (χ4n) is 2.25. The summed E-state index contributed by atoms with van der Waals surface area (Å²) in [6.07, 6.45) is 2.93. The molecule has 0 aliphatic rings. The first kappa shape index (κ1) is 14.2. The molecule has 7 heteroatoms. The van der Waals surface area contributed by atoms with Gasteiger partial charge in [-0.25, -0.2) is 4.98 Å². The van der Waals surface area contributed by atoms with Gasteiger partial charge in [-0.05, 0) is 31.6 Å². The normalized spacial score (nSPS) is 12.7. The van der Waals surface area contributed by atoms with Crippen molar-refractivity contribution in [1.82, 2.24) is 19.5 Å². The smallest absolute Gasteiger partial charge is 0.215 e. The van der Waals surface area contributed by atoms with E-state index in [1.54, 1.807) is 18.4 Å². The summed E-state index contributed by atoms with van der Waals surface area (Å²) in [7, 11) is 1.61. The maximum absolute atomic E-state index is 5.45. The molecule has 0 aliphatic carbocycles. The van der Waals surface area contributed by atoms with Crippen LogP contribution in [-0.2, 0) is 6.42 Å². The average molecular weight is 320 g/mol. The first-order chi connectivity index (χ1) is 10.1. The van der Waals surface area contributed by atoms with Crippen molar-refractivity contribution in [3.8, 4) is 5.88 Å². The number of hydrogen-bond acceptors (Lipinski definition) is 5. The number of rotatable bonds is 4. The molecule has 0 aliphatic heterocycles. The van der Waals surface area contributed by atoms with Crippen LogP contribution < -0.4 is 4.74 Å². The lowest BCUT2D eigenvalue weighted by atomic mass is 10.3. The molecule has 0 bridgehead atoms. The number of aromatic amines is 1. The van der Waals surface area contributed by atoms with E-state index in [9.17, 15) is 0 Å². The Morgan fingerprint density at radius 3 is 2.95 bits per heavy atom. The van der Waals surface area contributed by atoms with Crippen LogP contribution in [-0.4, -0.2) is 26.6 Å². The summed E-state index contributed by atoms with van der Waals surface area (Å²) < 4.78 is 7.84. The van der Waals surface area contributed by atoms with Gasteiger partial charge in [-0.3, -0.25) is 4.57 Å². The summed E-state index contributed by atoms with van der Waals surface area (Å²) in [5, 5.41) is 1.04. The third-order valence-electron chi connectivity index (χ3n) is 3.41. The second kappa shape index (κ2) is 5.57. The van der Waals surface area contributed by atoms with Crippen LogP contribution in [0.2, 0.25) is 0 Å². The first-order valence-corrected chi connectivity index (χ1v) is 7.96. The van der Waals surface area contributed by atoms with E-state index in [1.807, 2.05) is 22.9 Å². The quantitative estimate of drug-likeness (QED) is 0.744. The van der Waals surface area contributed by atoms with Crippen molar-refractivity contribution in [2.24, 2.45) is 0 Å². The molecule has 5 nitrogen and oxygen atoms in total. The number of imidazole rings is 1. The molecule has 0 spiro atoms. The highest BCUT2D eigenvalue weighted by Crippen LogP contribution is 2.27. The van der Waals surface area contributed by atoms with Crippen molar-refractivity contribution in [1.29, 1.82) is 0 Å². The number of hydrogen-bond donors (Lipinski definition) is 1. The van der Waals surface area contributed by atoms with E-state index in [4.69, 9.17) is 17.0 Å². The van der Waals surface area contributed by atoms with Gasteiger partial charge in [0.25, 0.3) is 0 Å². The predicted octanol–water partition coefficient (Wildman–Crippen LogP) is 3.73. The molecule has 0 amide bonds. The fraction of sp³-hybridized carbons (Fsp3) is 0.357. The van der Waals surface area contributed by atoms with Crippen LogP contribution in [0.5, 0.6) is 5.88 Å². The molecule has 1 N–H and O–H groups in total. The van der Waals surface area contributed by atoms with Gasteiger partial charge in [0.05, 0.1) is 18.7 Å². The van der Waals surface area contributed by atoms with E-state index in [-0.39, 0.29) is 6.04 Å². The Balaban J connectivity index is 2.14. The lowest BCUT2D eigenvalue weighted by Gasteiger charge is -2.11. The average Bonchev–Trinajstić information content (AvgIpc) is 3.09. The number of thiazole rings is 1. The predicted molar refractivity (Wildman–Crippen MR) is 86.8 cm³/mol. The minimum absolute atomic E-state index is 0.0381. The molecule has 3 aromatic heterocycles. The standard InChI is InChI=1S/C14H16N4OS2/c1-4-9-7-15-13(21-9)8(2)18-12-10(16-14(18)20)5-6-11(17-12)19-3/h5-8H,4H2,1-3H3,(H,16,20). The van der Waals surface area contributed by atoms with E-state index in [0.717, 1.165) is 22.6 Å². The minimum Gasteiger partial charge on any atom is -0.481 e. The van der Waals surface area contributed by atoms with Crippen LogP contribution in [0.15, 0.2) is 18.3 Å². The monoisotopic (exact) mass is 320 g/mol. The third kappa shape index (κ3) is 2.47. The molecule has 1 unspecified atom stereocenters. The Morgan fingerprint density at radius 2 is 2.29 bits per heavy atom. The zero-order valence-corrected chi connectivity index (χ0v) is 13.7. The van der Waals surface area contributed by atoms with Gasteiger partial charge in [0.1, 0.15) is 5.01 Å². The van der Waals surface area contributed by atoms with Gasteiger partial charge >= 0.3 is 0 Å². The third-order valence-corrected chi connectivity index (χ3v) is 5.02. The van der Waals surface area contributed by atoms with Crippen molar-refractivity contribution in [2.45, 2.75) is 26.3 Å². The summed E-state index contributed by atoms with van der Waals surface area (Å²) >= 11 is 7.16. The Kier molecular flexibility index (Phi) is 3.77. The van der Waals surface area contributed by atoms with Crippen molar-refractivity contribution in [3.63, 3.8) is 0 Å². The summed E-state index contributed by atoms with van der Waals surface area (Å²) in [5.74, 6) is 0.575. The highest BCUT2D eigenvalue weighted by Gasteiger charge is 2.17. The lowest BCUT2D eigenvalue weighted by molar-refractivity contribution is 0.398. The second-order valence-corrected chi connectivity index (χ2v) is 6.25. The van der Waals surface area contributed by atoms with Gasteiger partial charge in [-0.15, -0.1) is 11.3 Å². The summed E-state index contributed by atoms with van der Waals surface area (Å²) in [5.41, 5.74) is 1.69. The maximum Gasteiger partial charge on any atom is 0.215 e. The second-order valence-electron chi connectivity index (χ2n) is 4.72. The van der Waals surface area contributed by atoms with Crippen LogP contribution in [0.3, 0.4) is 0 Å². The number of aryl methyl sites for hydroxylation is 1. The van der Waals surface area contributed by atoms with E-state index < -0.39 is 0 Å². The summed E-state index contributed by atoms with van der Waals surface area (Å²) in [6.45, 7) is 4.22. The maximum atomic E-state index is 5.45. The summed E-state index contributed by atoms with van der Waals surface area (Å²) in [4.78, 5) is 13.5. The van der Waals surface area contributed by atoms with E-state index in [0.29, 0.717) is 10.7 Å². The van der Waals surface area contributed by atoms with Gasteiger partial charge in [0.15, 0.2) is 10.4 Å². The molecular formula is C14H16N4OS2. The van der Waals surface area contributed by atoms with Gasteiger partial charge in [-0.1, -0.05) is 6.92 Å². The molecule has 0 saturated carbocycles. The zero-order valence-electron chi connectivity index (χ0n) is 12.1. The van der Waals surface area contributed by atoms with Gasteiger partial charge in [0, 0.05) is 17.1 Å². The number of aromatic nitrogens is 4. The lowest BCUT2D eigenvalue weighted by Crippen LogP contribution is -2.07. The summed E-state index contributed by atoms with van der Waals surface area (Å²) in [6, 6.07) is 3.79. The van der Waals surface area contributed by atoms with Crippen molar-refractivity contribution in [3.05, 3.63) is 33.0 Å². The number of nitrogens with one attached hydrogen (secondary N) is 1. The molecule has 0 saturated heterocycles. The van der Waals surface area contributed by atoms with E-state index in [1.165, 1.54) is 4.88 Å². The van der Waals surface area contributed by atoms with Gasteiger partial charge in [-0.2, -0.15) is 4.98 Å². The number of H-pyrrole nitrogens is 1. The molecule has 0 radical (unpaired) electrons. The molecule has 110 valence electrons. The molecule has 1 atom stereocenters. The Hall–Kier alpha value is -1.73. The number of fused-ring (bicyclic) bond motifs is 1. The molecule has 3 rings (SSSR count). The highest BCUT2D eigenvalue weighted by atomic mass is 32.1. The number of ether oxygens (including phenoxy) is 1. The first-order valence-electron chi connectivity index (χ1n) is 6.74. The van der Waals surface area contributed by atoms with E-state index >= 15 is 0 Å². The number of methoxy groups -OCH3 is 1. The van der Waals surface area contributed by atoms with Gasteiger partial charge < -0.3 is 9.72 Å². The van der Waals surface area contributed by atoms with E-state index in [2.05, 4.69) is 28.8 Å². The highest BCUT2D eigenvalue weighted by molar-refractivity contribution is 7.71. The van der Waals surface area contributed by atoms with Crippen molar-refractivity contribution >= 4 is 34.7 Å². The Bertz CT molecular complexity index is 833. The molecule has 3 aromatic rings. The van der Waals surface area contributed by atoms with Crippen LogP contribution in [0.25, 0.3) is 11.2 Å². The minimum atomic E-state index is 0.0381. The van der Waals surface area contributed by atoms with Crippen molar-refractivity contribution < 1.29 is 4.74 Å². The zero-order chi connectivity index (χ0) is 15.0. The molecule has 0 aromatic carbocycles. The molecule has 21 heavy (non-hydrogen) atoms. The van der Waals surface area contributed by atoms with Crippen LogP contribution in [0.1, 0.15) is 29.8 Å². The molecular weight excluding hydrogens is 304 g/mol. The van der Waals surface area contributed by atoms with Gasteiger partial charge in [0.2, 0.25) is 5.88 Å². The topological polar surface area (TPSA) is 55.7 Å². The van der Waals surface area contributed by atoms with Crippen molar-refractivity contribution in [2.75, 3.05) is 7.11 Å². The SMILES string of the molecule is CCc1cnc(C(C)n2c(=S)[nH]c3ccc(OC)nc32)s1. The number of nitrogens with zero attached hydrogens (tertiary/aromatic N) is 3. The largest absolute Gasteiger partial charge is 0.481 e. The Labute approximate surface area is 131 Å².